The summed E-state index contributed by atoms with van der Waals surface area (Å²) in [4.78, 5) is -0.277. The van der Waals surface area contributed by atoms with Gasteiger partial charge in [0.15, 0.2) is 0 Å². The van der Waals surface area contributed by atoms with E-state index in [1.807, 2.05) is 0 Å². The van der Waals surface area contributed by atoms with E-state index in [0.717, 1.165) is 6.07 Å². The number of nitrogen functional groups attached to an aromatic ring is 1. The van der Waals surface area contributed by atoms with Crippen LogP contribution in [0.2, 0.25) is 0 Å². The minimum atomic E-state index is -4.33. The van der Waals surface area contributed by atoms with Crippen molar-refractivity contribution in [3.05, 3.63) is 48.0 Å². The number of nitrogens with two attached hydrogens (primary N) is 1. The van der Waals surface area contributed by atoms with Gasteiger partial charge in [0.2, 0.25) is 0 Å². The Bertz CT molecular complexity index is 904. The van der Waals surface area contributed by atoms with Crippen molar-refractivity contribution in [3.8, 4) is 0 Å². The molecule has 0 aromatic heterocycles. The van der Waals surface area contributed by atoms with Gasteiger partial charge in [-0.15, -0.1) is 0 Å². The number of rotatable bonds is 4. The number of benzene rings is 2. The van der Waals surface area contributed by atoms with Gasteiger partial charge in [0.05, 0.1) is 15.5 Å². The van der Waals surface area contributed by atoms with E-state index in [9.17, 15) is 16.8 Å². The quantitative estimate of drug-likeness (QED) is 0.572. The maximum atomic E-state index is 12.2. The third-order valence-corrected chi connectivity index (χ3v) is 5.16. The molecule has 7 nitrogen and oxygen atoms in total. The summed E-state index contributed by atoms with van der Waals surface area (Å²) in [7, 11) is -8.15. The Morgan fingerprint density at radius 1 is 0.955 bits per heavy atom. The zero-order valence-corrected chi connectivity index (χ0v) is 13.1. The van der Waals surface area contributed by atoms with E-state index in [1.165, 1.54) is 43.3 Å². The van der Waals surface area contributed by atoms with Gasteiger partial charge in [-0.2, -0.15) is 8.42 Å². The second kappa shape index (κ2) is 5.59. The van der Waals surface area contributed by atoms with Crippen molar-refractivity contribution >= 4 is 31.5 Å². The highest BCUT2D eigenvalue weighted by Crippen LogP contribution is 2.23. The molecule has 9 heteroatoms. The van der Waals surface area contributed by atoms with Gasteiger partial charge < -0.3 is 5.73 Å². The lowest BCUT2D eigenvalue weighted by Gasteiger charge is -2.11. The molecule has 0 bridgehead atoms. The minimum Gasteiger partial charge on any atom is -0.399 e. The van der Waals surface area contributed by atoms with Gasteiger partial charge in [-0.1, -0.05) is 0 Å². The summed E-state index contributed by atoms with van der Waals surface area (Å²) < 4.78 is 57.9. The van der Waals surface area contributed by atoms with E-state index < -0.39 is 20.1 Å². The molecule has 0 saturated heterocycles. The molecule has 0 unspecified atom stereocenters. The second-order valence-corrected chi connectivity index (χ2v) is 7.73. The molecule has 0 aliphatic heterocycles. The normalized spacial score (nSPS) is 12.1. The topological polar surface area (TPSA) is 127 Å². The fraction of sp³-hybridized carbons (Fsp3) is 0.0769. The van der Waals surface area contributed by atoms with Crippen LogP contribution in [0.3, 0.4) is 0 Å². The van der Waals surface area contributed by atoms with Gasteiger partial charge in [-0.3, -0.25) is 9.27 Å². The van der Waals surface area contributed by atoms with Gasteiger partial charge in [-0.25, -0.2) is 8.42 Å². The average Bonchev–Trinajstić information content (AvgIpc) is 2.40. The number of aryl methyl sites for hydroxylation is 1. The molecule has 0 radical (unpaired) electrons. The smallest absolute Gasteiger partial charge is 0.294 e. The molecule has 0 aliphatic carbocycles. The number of anilines is 2. The summed E-state index contributed by atoms with van der Waals surface area (Å²) in [5.74, 6) is 0. The Hall–Kier alpha value is -2.10. The van der Waals surface area contributed by atoms with E-state index in [1.54, 1.807) is 0 Å². The van der Waals surface area contributed by atoms with E-state index in [4.69, 9.17) is 10.3 Å². The molecule has 118 valence electrons. The third-order valence-electron chi connectivity index (χ3n) is 2.93. The van der Waals surface area contributed by atoms with E-state index in [-0.39, 0.29) is 15.5 Å². The van der Waals surface area contributed by atoms with Gasteiger partial charge >= 0.3 is 0 Å². The van der Waals surface area contributed by atoms with Crippen LogP contribution in [0, 0.1) is 6.92 Å². The van der Waals surface area contributed by atoms with Gasteiger partial charge in [0.25, 0.3) is 20.1 Å². The molecule has 2 aromatic carbocycles. The zero-order valence-electron chi connectivity index (χ0n) is 11.5. The summed E-state index contributed by atoms with van der Waals surface area (Å²) in [5.41, 5.74) is 6.51. The van der Waals surface area contributed by atoms with Crippen LogP contribution in [0.5, 0.6) is 0 Å². The molecule has 2 rings (SSSR count). The first-order chi connectivity index (χ1) is 10.1. The molecule has 0 aliphatic rings. The van der Waals surface area contributed by atoms with Gasteiger partial charge in [0, 0.05) is 5.69 Å². The van der Waals surface area contributed by atoms with Crippen LogP contribution in [0.4, 0.5) is 11.4 Å². The summed E-state index contributed by atoms with van der Waals surface area (Å²) in [6, 6.07) is 9.21. The van der Waals surface area contributed by atoms with Crippen LogP contribution < -0.4 is 10.5 Å². The second-order valence-electron chi connectivity index (χ2n) is 4.63. The van der Waals surface area contributed by atoms with E-state index >= 15 is 0 Å². The molecular formula is C13H14N2O5S2. The molecule has 22 heavy (non-hydrogen) atoms. The Kier molecular flexibility index (Phi) is 4.14. The van der Waals surface area contributed by atoms with E-state index in [2.05, 4.69) is 4.72 Å². The SMILES string of the molecule is Cc1cc(S(=O)(=O)O)ccc1NS(=O)(=O)c1ccc(N)cc1. The summed E-state index contributed by atoms with van der Waals surface area (Å²) in [6.45, 7) is 1.52. The van der Waals surface area contributed by atoms with Crippen molar-refractivity contribution in [3.63, 3.8) is 0 Å². The molecule has 0 saturated carbocycles. The Balaban J connectivity index is 2.36. The van der Waals surface area contributed by atoms with Crippen molar-refractivity contribution < 1.29 is 21.4 Å². The summed E-state index contributed by atoms with van der Waals surface area (Å²) in [5, 5.41) is 0. The van der Waals surface area contributed by atoms with Crippen molar-refractivity contribution in [2.24, 2.45) is 0 Å². The maximum absolute atomic E-state index is 12.2. The summed E-state index contributed by atoms with van der Waals surface area (Å²) >= 11 is 0. The van der Waals surface area contributed by atoms with E-state index in [0.29, 0.717) is 11.3 Å². The molecule has 0 amide bonds. The largest absolute Gasteiger partial charge is 0.399 e. The predicted molar refractivity (Wildman–Crippen MR) is 82.7 cm³/mol. The fourth-order valence-corrected chi connectivity index (χ4v) is 3.46. The lowest BCUT2D eigenvalue weighted by Crippen LogP contribution is -2.14. The molecule has 0 atom stereocenters. The highest BCUT2D eigenvalue weighted by Gasteiger charge is 2.17. The molecule has 0 spiro atoms. The molecule has 0 heterocycles. The lowest BCUT2D eigenvalue weighted by molar-refractivity contribution is 0.483. The molecular weight excluding hydrogens is 328 g/mol. The highest BCUT2D eigenvalue weighted by molar-refractivity contribution is 7.92. The monoisotopic (exact) mass is 342 g/mol. The van der Waals surface area contributed by atoms with Crippen molar-refractivity contribution in [1.82, 2.24) is 0 Å². The van der Waals surface area contributed by atoms with Crippen LogP contribution >= 0.6 is 0 Å². The van der Waals surface area contributed by atoms with Gasteiger partial charge in [-0.05, 0) is 55.0 Å². The van der Waals surface area contributed by atoms with Gasteiger partial charge in [0.1, 0.15) is 0 Å². The minimum absolute atomic E-state index is 0.0277. The zero-order chi connectivity index (χ0) is 16.5. The average molecular weight is 342 g/mol. The van der Waals surface area contributed by atoms with Crippen LogP contribution in [0.15, 0.2) is 52.3 Å². The van der Waals surface area contributed by atoms with Crippen molar-refractivity contribution in [2.75, 3.05) is 10.5 Å². The maximum Gasteiger partial charge on any atom is 0.294 e. The first-order valence-corrected chi connectivity index (χ1v) is 8.98. The molecule has 0 fully saturated rings. The lowest BCUT2D eigenvalue weighted by atomic mass is 10.2. The highest BCUT2D eigenvalue weighted by atomic mass is 32.2. The molecule has 2 aromatic rings. The third kappa shape index (κ3) is 3.56. The van der Waals surface area contributed by atoms with Crippen LogP contribution in [-0.4, -0.2) is 21.4 Å². The summed E-state index contributed by atoms with van der Waals surface area (Å²) in [6.07, 6.45) is 0. The first-order valence-electron chi connectivity index (χ1n) is 6.06. The fourth-order valence-electron chi connectivity index (χ4n) is 1.76. The predicted octanol–water partition coefficient (Wildman–Crippen LogP) is 1.62. The first kappa shape index (κ1) is 16.3. The number of hydrogen-bond acceptors (Lipinski definition) is 5. The Labute approximate surface area is 128 Å². The number of hydrogen-bond donors (Lipinski definition) is 3. The van der Waals surface area contributed by atoms with Crippen LogP contribution in [0.1, 0.15) is 5.56 Å². The van der Waals surface area contributed by atoms with Crippen LogP contribution in [-0.2, 0) is 20.1 Å². The molecule has 4 N–H and O–H groups in total. The Morgan fingerprint density at radius 3 is 2.00 bits per heavy atom. The Morgan fingerprint density at radius 2 is 1.50 bits per heavy atom. The standard InChI is InChI=1S/C13H14N2O5S2/c1-9-8-12(22(18,19)20)6-7-13(9)15-21(16,17)11-4-2-10(14)3-5-11/h2-8,15H,14H2,1H3,(H,18,19,20). The number of nitrogens with one attached hydrogen (secondary N) is 1. The van der Waals surface area contributed by atoms with Crippen molar-refractivity contribution in [2.45, 2.75) is 16.7 Å². The van der Waals surface area contributed by atoms with Crippen molar-refractivity contribution in [1.29, 1.82) is 0 Å². The number of sulfonamides is 1. The van der Waals surface area contributed by atoms with Crippen LogP contribution in [0.25, 0.3) is 0 Å².